The van der Waals surface area contributed by atoms with Gasteiger partial charge in [0, 0.05) is 34.1 Å². The van der Waals surface area contributed by atoms with Gasteiger partial charge in [0.15, 0.2) is 0 Å². The number of hydrogen-bond acceptors (Lipinski definition) is 2. The third-order valence-electron chi connectivity index (χ3n) is 19.6. The van der Waals surface area contributed by atoms with Gasteiger partial charge >= 0.3 is 0 Å². The molecule has 0 unspecified atom stereocenters. The van der Waals surface area contributed by atoms with E-state index in [1.54, 1.807) is 0 Å². The van der Waals surface area contributed by atoms with Crippen molar-refractivity contribution in [1.29, 1.82) is 0 Å². The summed E-state index contributed by atoms with van der Waals surface area (Å²) in [6, 6.07) is 109. The molecule has 0 amide bonds. The van der Waals surface area contributed by atoms with Crippen LogP contribution < -0.4 is 9.80 Å². The molecule has 15 rings (SSSR count). The Morgan fingerprint density at radius 1 is 0.202 bits per heavy atom. The van der Waals surface area contributed by atoms with Crippen LogP contribution in [0.15, 0.2) is 291 Å². The summed E-state index contributed by atoms with van der Waals surface area (Å²) in [5.41, 5.74) is 33.5. The zero-order chi connectivity index (χ0) is 64.6. The maximum atomic E-state index is 2.55. The molecule has 1 aliphatic carbocycles. The maximum absolute atomic E-state index is 2.55. The fourth-order valence-electron chi connectivity index (χ4n) is 14.6. The number of rotatable bonds is 12. The van der Waals surface area contributed by atoms with Crippen LogP contribution in [0.25, 0.3) is 111 Å². The minimum atomic E-state index is -0.0832. The molecule has 0 aromatic heterocycles. The summed E-state index contributed by atoms with van der Waals surface area (Å²) in [6.07, 6.45) is 0. The van der Waals surface area contributed by atoms with Gasteiger partial charge < -0.3 is 9.80 Å². The van der Waals surface area contributed by atoms with E-state index in [0.717, 1.165) is 34.1 Å². The van der Waals surface area contributed by atoms with Crippen molar-refractivity contribution in [2.24, 2.45) is 0 Å². The smallest absolute Gasteiger partial charge is 0.0497 e. The first kappa shape index (κ1) is 59.5. The number of fused-ring (bicyclic) bond motifs is 6. The molecule has 0 saturated carbocycles. The summed E-state index contributed by atoms with van der Waals surface area (Å²) in [6.45, 7) is 23.0. The number of anilines is 6. The average molecular weight is 1210 g/mol. The molecular formula is C92H78N2. The van der Waals surface area contributed by atoms with Crippen molar-refractivity contribution >= 4 is 55.7 Å². The summed E-state index contributed by atoms with van der Waals surface area (Å²) in [5.74, 6) is 0. The van der Waals surface area contributed by atoms with Crippen molar-refractivity contribution in [3.63, 3.8) is 0 Å². The van der Waals surface area contributed by atoms with Gasteiger partial charge in [0.2, 0.25) is 0 Å². The highest BCUT2D eigenvalue weighted by Crippen LogP contribution is 2.66. The Morgan fingerprint density at radius 3 is 0.745 bits per heavy atom. The lowest BCUT2D eigenvalue weighted by Gasteiger charge is -2.38. The van der Waals surface area contributed by atoms with Gasteiger partial charge in [-0.25, -0.2) is 0 Å². The minimum absolute atomic E-state index is 0.0832. The third-order valence-corrected chi connectivity index (χ3v) is 19.6. The van der Waals surface area contributed by atoms with E-state index in [-0.39, 0.29) is 10.8 Å². The Labute approximate surface area is 555 Å². The molecule has 456 valence electrons. The molecule has 14 aromatic carbocycles. The topological polar surface area (TPSA) is 6.48 Å². The van der Waals surface area contributed by atoms with Gasteiger partial charge in [-0.05, 0) is 231 Å². The van der Waals surface area contributed by atoms with Gasteiger partial charge in [-0.3, -0.25) is 0 Å². The second-order valence-corrected chi connectivity index (χ2v) is 27.8. The molecule has 1 aliphatic rings. The zero-order valence-electron chi connectivity index (χ0n) is 55.6. The Hall–Kier alpha value is -10.8. The molecule has 0 bridgehead atoms. The second-order valence-electron chi connectivity index (χ2n) is 27.8. The second kappa shape index (κ2) is 23.7. The summed E-state index contributed by atoms with van der Waals surface area (Å²) >= 11 is 0. The standard InChI is InChI=1S/C92H78N2/c1-59-41-45-69(63-29-17-11-18-30-63)53-79(59)93(81-55-71(91(5,6)7)47-43-61(81)3)73-49-51-75-77(57-73)85(67-37-25-15-26-38-67)89-87(83(75)65-33-21-13-22-34-65)88-84(66-35-23-14-24-36-66)76-52-50-74(58-78(76)86(90(88)89)68-39-27-16-28-40-68)94(82-56-72(92(8,9)10)48-44-62(82)4)80-54-70(46-42-60(80)2)64-31-19-12-20-32-64/h11-58H,1-10H3. The van der Waals surface area contributed by atoms with Crippen molar-refractivity contribution in [3.05, 3.63) is 325 Å². The molecule has 2 heteroatoms. The van der Waals surface area contributed by atoms with E-state index >= 15 is 0 Å². The van der Waals surface area contributed by atoms with Crippen LogP contribution in [0.1, 0.15) is 74.9 Å². The van der Waals surface area contributed by atoms with Crippen LogP contribution in [-0.4, -0.2) is 0 Å². The lowest BCUT2D eigenvalue weighted by atomic mass is 9.65. The number of benzene rings is 14. The summed E-state index contributed by atoms with van der Waals surface area (Å²) in [4.78, 5) is 5.10. The molecule has 14 aromatic rings. The summed E-state index contributed by atoms with van der Waals surface area (Å²) in [7, 11) is 0. The van der Waals surface area contributed by atoms with E-state index in [2.05, 4.69) is 370 Å². The predicted molar refractivity (Wildman–Crippen MR) is 404 cm³/mol. The average Bonchev–Trinajstić information content (AvgIpc) is 0.669. The molecule has 0 radical (unpaired) electrons. The Morgan fingerprint density at radius 2 is 0.457 bits per heavy atom. The first-order valence-electron chi connectivity index (χ1n) is 33.2. The van der Waals surface area contributed by atoms with Crippen molar-refractivity contribution < 1.29 is 0 Å². The summed E-state index contributed by atoms with van der Waals surface area (Å²) < 4.78 is 0. The van der Waals surface area contributed by atoms with Crippen LogP contribution in [0.4, 0.5) is 34.1 Å². The van der Waals surface area contributed by atoms with E-state index < -0.39 is 0 Å². The largest absolute Gasteiger partial charge is 0.310 e. The number of nitrogens with zero attached hydrogens (tertiary/aromatic N) is 2. The fourth-order valence-corrected chi connectivity index (χ4v) is 14.6. The van der Waals surface area contributed by atoms with Crippen molar-refractivity contribution in [2.45, 2.75) is 80.1 Å². The third kappa shape index (κ3) is 10.5. The van der Waals surface area contributed by atoms with Crippen LogP contribution >= 0.6 is 0 Å². The van der Waals surface area contributed by atoms with Crippen molar-refractivity contribution in [3.8, 4) is 89.0 Å². The fraction of sp³-hybridized carbons (Fsp3) is 0.130. The van der Waals surface area contributed by atoms with E-state index in [1.807, 2.05) is 0 Å². The van der Waals surface area contributed by atoms with Crippen LogP contribution in [-0.2, 0) is 10.8 Å². The van der Waals surface area contributed by atoms with Gasteiger partial charge in [0.05, 0.1) is 0 Å². The lowest BCUT2D eigenvalue weighted by Crippen LogP contribution is -2.17. The van der Waals surface area contributed by atoms with Crippen LogP contribution in [0.5, 0.6) is 0 Å². The van der Waals surface area contributed by atoms with Crippen molar-refractivity contribution in [2.75, 3.05) is 9.80 Å². The van der Waals surface area contributed by atoms with E-state index in [4.69, 9.17) is 0 Å². The molecule has 0 N–H and O–H groups in total. The zero-order valence-corrected chi connectivity index (χ0v) is 55.6. The molecule has 2 nitrogen and oxygen atoms in total. The molecule has 0 atom stereocenters. The molecule has 0 fully saturated rings. The van der Waals surface area contributed by atoms with Gasteiger partial charge in [-0.1, -0.05) is 284 Å². The minimum Gasteiger partial charge on any atom is -0.310 e. The van der Waals surface area contributed by atoms with E-state index in [1.165, 1.54) is 144 Å². The Balaban J connectivity index is 1.08. The lowest BCUT2D eigenvalue weighted by molar-refractivity contribution is 0.590. The molecule has 94 heavy (non-hydrogen) atoms. The maximum Gasteiger partial charge on any atom is 0.0497 e. The monoisotopic (exact) mass is 1210 g/mol. The predicted octanol–water partition coefficient (Wildman–Crippen LogP) is 26.4. The van der Waals surface area contributed by atoms with Crippen LogP contribution in [0, 0.1) is 27.7 Å². The first-order valence-corrected chi connectivity index (χ1v) is 33.2. The SMILES string of the molecule is Cc1ccc(-c2ccccc2)cc1N(c1ccc2c(-c3ccccc3)c3c(c(-c4ccccc4)c2c1)-c1c-3c(-c2ccccc2)c2ccc(N(c3cc(-c4ccccc4)ccc3C)c3cc(C(C)(C)C)ccc3C)cc2c1-c1ccccc1)c1cc(C(C)(C)C)ccc1C. The highest BCUT2D eigenvalue weighted by Gasteiger charge is 2.39. The Kier molecular flexibility index (Phi) is 15.0. The number of aryl methyl sites for hydroxylation is 4. The van der Waals surface area contributed by atoms with Gasteiger partial charge in [0.1, 0.15) is 0 Å². The Bertz CT molecular complexity index is 4880. The van der Waals surface area contributed by atoms with E-state index in [9.17, 15) is 0 Å². The highest BCUT2D eigenvalue weighted by molar-refractivity contribution is 6.33. The summed E-state index contributed by atoms with van der Waals surface area (Å²) in [5, 5.41) is 4.81. The first-order chi connectivity index (χ1) is 45.6. The van der Waals surface area contributed by atoms with Gasteiger partial charge in [-0.2, -0.15) is 0 Å². The van der Waals surface area contributed by atoms with Gasteiger partial charge in [-0.15, -0.1) is 0 Å². The highest BCUT2D eigenvalue weighted by atomic mass is 15.2. The van der Waals surface area contributed by atoms with Crippen LogP contribution in [0.2, 0.25) is 0 Å². The molecule has 0 heterocycles. The quantitative estimate of drug-likeness (QED) is 0.120. The molecule has 0 spiro atoms. The molecular weight excluding hydrogens is 1130 g/mol. The van der Waals surface area contributed by atoms with Gasteiger partial charge in [0.25, 0.3) is 0 Å². The normalized spacial score (nSPS) is 11.9. The van der Waals surface area contributed by atoms with Crippen molar-refractivity contribution in [1.82, 2.24) is 0 Å². The number of hydrogen-bond donors (Lipinski definition) is 0. The van der Waals surface area contributed by atoms with Crippen LogP contribution in [0.3, 0.4) is 0 Å². The molecule has 0 aliphatic heterocycles. The molecule has 0 saturated heterocycles. The van der Waals surface area contributed by atoms with E-state index in [0.29, 0.717) is 0 Å².